The minimum absolute atomic E-state index is 0.199. The van der Waals surface area contributed by atoms with E-state index in [0.717, 1.165) is 11.5 Å². The van der Waals surface area contributed by atoms with Crippen molar-refractivity contribution >= 4 is 10.9 Å². The zero-order valence-electron chi connectivity index (χ0n) is 19.2. The summed E-state index contributed by atoms with van der Waals surface area (Å²) in [4.78, 5) is 3.85. The second-order valence-corrected chi connectivity index (χ2v) is 11.5. The molecular weight excluding hydrogens is 388 g/mol. The molecule has 2 nitrogen and oxygen atoms in total. The summed E-state index contributed by atoms with van der Waals surface area (Å²) in [5.41, 5.74) is 0.857. The monoisotopic (exact) mass is 421 g/mol. The van der Waals surface area contributed by atoms with E-state index >= 15 is 0 Å². The molecule has 30 heavy (non-hydrogen) atoms. The molecule has 3 aromatic rings. The minimum Gasteiger partial charge on any atom is -0.488 e. The average molecular weight is 422 g/mol. The first kappa shape index (κ1) is 22.3. The molecule has 0 aliphatic carbocycles. The first-order valence-electron chi connectivity index (χ1n) is 10.4. The third-order valence-corrected chi connectivity index (χ3v) is 6.40. The highest BCUT2D eigenvalue weighted by Crippen LogP contribution is 2.34. The minimum atomic E-state index is -0.206. The van der Waals surface area contributed by atoms with Gasteiger partial charge in [0.05, 0.1) is 10.9 Å². The van der Waals surface area contributed by atoms with Crippen molar-refractivity contribution in [2.75, 3.05) is 0 Å². The number of rotatable bonds is 5. The average Bonchev–Trinajstić information content (AvgIpc) is 2.62. The Morgan fingerprint density at radius 2 is 1.00 bits per heavy atom. The largest absolute Gasteiger partial charge is 0.488 e. The van der Waals surface area contributed by atoms with Crippen LogP contribution in [0, 0.1) is 6.92 Å². The van der Waals surface area contributed by atoms with Gasteiger partial charge in [0.15, 0.2) is 14.7 Å². The summed E-state index contributed by atoms with van der Waals surface area (Å²) >= 11 is 0. The second kappa shape index (κ2) is 8.77. The Kier molecular flexibility index (Phi) is 6.52. The van der Waals surface area contributed by atoms with E-state index < -0.39 is 0 Å². The van der Waals surface area contributed by atoms with Gasteiger partial charge in [-0.1, -0.05) is 12.1 Å². The van der Waals surface area contributed by atoms with E-state index in [9.17, 15) is 0 Å². The molecule has 0 spiro atoms. The van der Waals surface area contributed by atoms with Crippen LogP contribution in [0.5, 0.6) is 11.5 Å². The van der Waals surface area contributed by atoms with Crippen molar-refractivity contribution in [3.05, 3.63) is 78.4 Å². The van der Waals surface area contributed by atoms with Crippen molar-refractivity contribution in [2.45, 2.75) is 74.4 Å². The fourth-order valence-electron chi connectivity index (χ4n) is 3.15. The number of hydrogen-bond donors (Lipinski definition) is 0. The van der Waals surface area contributed by atoms with Crippen LogP contribution in [0.15, 0.2) is 87.5 Å². The molecule has 0 atom stereocenters. The van der Waals surface area contributed by atoms with Crippen LogP contribution in [0.4, 0.5) is 0 Å². The van der Waals surface area contributed by atoms with Gasteiger partial charge in [0.25, 0.3) is 0 Å². The molecule has 3 heteroatoms. The van der Waals surface area contributed by atoms with E-state index in [1.54, 1.807) is 0 Å². The predicted molar refractivity (Wildman–Crippen MR) is 127 cm³/mol. The maximum atomic E-state index is 6.02. The maximum absolute atomic E-state index is 6.02. The Morgan fingerprint density at radius 1 is 0.567 bits per heavy atom. The zero-order valence-corrected chi connectivity index (χ0v) is 20.0. The van der Waals surface area contributed by atoms with E-state index in [1.165, 1.54) is 20.2 Å². The second-order valence-electron chi connectivity index (χ2n) is 9.49. The first-order valence-corrected chi connectivity index (χ1v) is 11.6. The van der Waals surface area contributed by atoms with E-state index in [0.29, 0.717) is 0 Å². The first-order chi connectivity index (χ1) is 14.0. The molecule has 0 bridgehead atoms. The Morgan fingerprint density at radius 3 is 1.37 bits per heavy atom. The highest BCUT2D eigenvalue weighted by atomic mass is 32.2. The van der Waals surface area contributed by atoms with Crippen LogP contribution in [0.1, 0.15) is 47.1 Å². The van der Waals surface area contributed by atoms with Gasteiger partial charge in [-0.05, 0) is 115 Å². The van der Waals surface area contributed by atoms with Gasteiger partial charge in [-0.3, -0.25) is 0 Å². The van der Waals surface area contributed by atoms with Gasteiger partial charge in [-0.25, -0.2) is 0 Å². The van der Waals surface area contributed by atoms with Gasteiger partial charge in [0.2, 0.25) is 0 Å². The van der Waals surface area contributed by atoms with E-state index in [-0.39, 0.29) is 22.1 Å². The summed E-state index contributed by atoms with van der Waals surface area (Å²) in [7, 11) is -0.199. The molecule has 3 rings (SSSR count). The maximum Gasteiger partial charge on any atom is 0.166 e. The molecule has 0 heterocycles. The molecule has 0 saturated carbocycles. The van der Waals surface area contributed by atoms with Gasteiger partial charge >= 0.3 is 0 Å². The predicted octanol–water partition coefficient (Wildman–Crippen LogP) is 7.45. The molecule has 3 aromatic carbocycles. The summed E-state index contributed by atoms with van der Waals surface area (Å²) in [5.74, 6) is 1.79. The van der Waals surface area contributed by atoms with E-state index in [2.05, 4.69) is 121 Å². The Hall–Kier alpha value is -2.39. The molecular formula is C27H33O2S+. The van der Waals surface area contributed by atoms with Gasteiger partial charge < -0.3 is 9.47 Å². The highest BCUT2D eigenvalue weighted by Gasteiger charge is 2.29. The smallest absolute Gasteiger partial charge is 0.166 e. The van der Waals surface area contributed by atoms with Crippen LogP contribution in [-0.2, 0) is 10.9 Å². The lowest BCUT2D eigenvalue weighted by Gasteiger charge is -2.21. The Labute approximate surface area is 184 Å². The van der Waals surface area contributed by atoms with Crippen LogP contribution in [0.3, 0.4) is 0 Å². The highest BCUT2D eigenvalue weighted by molar-refractivity contribution is 7.97. The van der Waals surface area contributed by atoms with Crippen molar-refractivity contribution in [1.29, 1.82) is 0 Å². The van der Waals surface area contributed by atoms with Gasteiger partial charge in [0.1, 0.15) is 22.7 Å². The van der Waals surface area contributed by atoms with Crippen LogP contribution in [0.2, 0.25) is 0 Å². The van der Waals surface area contributed by atoms with Gasteiger partial charge in [-0.2, -0.15) is 0 Å². The zero-order chi connectivity index (χ0) is 21.9. The molecule has 0 aromatic heterocycles. The molecule has 0 saturated heterocycles. The lowest BCUT2D eigenvalue weighted by atomic mass is 10.2. The Balaban J connectivity index is 1.98. The van der Waals surface area contributed by atoms with Crippen LogP contribution < -0.4 is 9.47 Å². The number of ether oxygens (including phenoxy) is 2. The quantitative estimate of drug-likeness (QED) is 0.398. The van der Waals surface area contributed by atoms with E-state index in [1.807, 2.05) is 0 Å². The lowest BCUT2D eigenvalue weighted by Crippen LogP contribution is -2.23. The summed E-state index contributed by atoms with van der Waals surface area (Å²) in [6, 6.07) is 25.8. The topological polar surface area (TPSA) is 18.5 Å². The van der Waals surface area contributed by atoms with E-state index in [4.69, 9.17) is 9.47 Å². The SMILES string of the molecule is Cc1cccc([S+](c2ccc(OC(C)(C)C)cc2)c2ccc(OC(C)(C)C)cc2)c1. The van der Waals surface area contributed by atoms with Crippen molar-refractivity contribution in [1.82, 2.24) is 0 Å². The fraction of sp³-hybridized carbons (Fsp3) is 0.333. The van der Waals surface area contributed by atoms with Crippen molar-refractivity contribution in [3.63, 3.8) is 0 Å². The summed E-state index contributed by atoms with van der Waals surface area (Å²) in [5, 5.41) is 0. The summed E-state index contributed by atoms with van der Waals surface area (Å²) in [6.07, 6.45) is 0. The van der Waals surface area contributed by atoms with Crippen molar-refractivity contribution in [2.24, 2.45) is 0 Å². The third kappa shape index (κ3) is 6.30. The molecule has 0 fully saturated rings. The normalized spacial score (nSPS) is 12.1. The van der Waals surface area contributed by atoms with Crippen LogP contribution in [-0.4, -0.2) is 11.2 Å². The molecule has 0 N–H and O–H groups in total. The molecule has 0 unspecified atom stereocenters. The fourth-order valence-corrected chi connectivity index (χ4v) is 5.30. The Bertz CT molecular complexity index is 902. The van der Waals surface area contributed by atoms with Gasteiger partial charge in [0, 0.05) is 0 Å². The number of benzene rings is 3. The molecule has 0 radical (unpaired) electrons. The summed E-state index contributed by atoms with van der Waals surface area (Å²) < 4.78 is 12.0. The van der Waals surface area contributed by atoms with Crippen LogP contribution >= 0.6 is 0 Å². The molecule has 158 valence electrons. The molecule has 0 aliphatic rings. The standard InChI is InChI=1S/C27H33O2S/c1-20-9-8-10-25(19-20)30(23-15-11-21(12-16-23)28-26(2,3)4)24-17-13-22(14-18-24)29-27(5,6)7/h8-19H,1-7H3/q+1. The molecule has 0 aliphatic heterocycles. The summed E-state index contributed by atoms with van der Waals surface area (Å²) in [6.45, 7) is 14.6. The molecule has 0 amide bonds. The van der Waals surface area contributed by atoms with Crippen molar-refractivity contribution in [3.8, 4) is 11.5 Å². The lowest BCUT2D eigenvalue weighted by molar-refractivity contribution is 0.130. The number of hydrogen-bond acceptors (Lipinski definition) is 2. The van der Waals surface area contributed by atoms with Gasteiger partial charge in [-0.15, -0.1) is 0 Å². The number of aryl methyl sites for hydroxylation is 1. The third-order valence-electron chi connectivity index (χ3n) is 4.19. The van der Waals surface area contributed by atoms with Crippen LogP contribution in [0.25, 0.3) is 0 Å². The van der Waals surface area contributed by atoms with Crippen molar-refractivity contribution < 1.29 is 9.47 Å².